The van der Waals surface area contributed by atoms with Crippen LogP contribution >= 0.6 is 11.8 Å². The average Bonchev–Trinajstić information content (AvgIpc) is 2.86. The second-order valence-electron chi connectivity index (χ2n) is 8.31. The van der Waals surface area contributed by atoms with Crippen LogP contribution in [0.15, 0.2) is 47.5 Å². The standard InChI is InChI=1S/C27H27N3O3S/c1-17-8-10-18(11-9-17)23(31)16-34-27-20(14-28)25(21-15-30(2)13-12-22(21)29-27)19-6-5-7-24(32-3)26(19)33-4/h5-11H,12-13,15-16H2,1-4H3. The topological polar surface area (TPSA) is 75.5 Å². The maximum absolute atomic E-state index is 12.8. The number of aryl methyl sites for hydroxylation is 1. The number of nitrogens with zero attached hydrogens (tertiary/aromatic N) is 3. The molecule has 1 aromatic heterocycles. The second kappa shape index (κ2) is 10.3. The molecule has 0 saturated carbocycles. The Balaban J connectivity index is 1.81. The summed E-state index contributed by atoms with van der Waals surface area (Å²) in [4.78, 5) is 19.9. The van der Waals surface area contributed by atoms with E-state index in [1.54, 1.807) is 14.2 Å². The number of Topliss-reactive ketones (excluding diaryl/α,β-unsaturated/α-hetero) is 1. The fourth-order valence-corrected chi connectivity index (χ4v) is 5.12. The van der Waals surface area contributed by atoms with Crippen LogP contribution in [0.4, 0.5) is 0 Å². The number of aromatic nitrogens is 1. The normalized spacial score (nSPS) is 13.1. The zero-order valence-corrected chi connectivity index (χ0v) is 20.7. The van der Waals surface area contributed by atoms with Gasteiger partial charge in [0.05, 0.1) is 25.5 Å². The van der Waals surface area contributed by atoms with Gasteiger partial charge < -0.3 is 14.4 Å². The van der Waals surface area contributed by atoms with E-state index in [0.29, 0.717) is 34.2 Å². The summed E-state index contributed by atoms with van der Waals surface area (Å²) in [6.45, 7) is 3.55. The zero-order chi connectivity index (χ0) is 24.2. The summed E-state index contributed by atoms with van der Waals surface area (Å²) in [6.07, 6.45) is 0.774. The first-order valence-electron chi connectivity index (χ1n) is 11.0. The number of hydrogen-bond acceptors (Lipinski definition) is 7. The van der Waals surface area contributed by atoms with Gasteiger partial charge in [-0.25, -0.2) is 4.98 Å². The molecule has 2 heterocycles. The van der Waals surface area contributed by atoms with Crippen molar-refractivity contribution in [2.45, 2.75) is 24.9 Å². The van der Waals surface area contributed by atoms with Crippen LogP contribution in [0.1, 0.15) is 32.7 Å². The second-order valence-corrected chi connectivity index (χ2v) is 9.27. The highest BCUT2D eigenvalue weighted by molar-refractivity contribution is 8.00. The van der Waals surface area contributed by atoms with Crippen LogP contribution in [-0.2, 0) is 13.0 Å². The molecule has 1 aliphatic heterocycles. The van der Waals surface area contributed by atoms with Crippen LogP contribution in [0.5, 0.6) is 11.5 Å². The highest BCUT2D eigenvalue weighted by Crippen LogP contribution is 2.44. The van der Waals surface area contributed by atoms with Gasteiger partial charge in [-0.3, -0.25) is 4.79 Å². The van der Waals surface area contributed by atoms with Crippen molar-refractivity contribution >= 4 is 17.5 Å². The highest BCUT2D eigenvalue weighted by Gasteiger charge is 2.27. The fraction of sp³-hybridized carbons (Fsp3) is 0.296. The van der Waals surface area contributed by atoms with Crippen LogP contribution in [-0.4, -0.2) is 49.2 Å². The number of thioether (sulfide) groups is 1. The van der Waals surface area contributed by atoms with E-state index in [-0.39, 0.29) is 11.5 Å². The van der Waals surface area contributed by atoms with Crippen LogP contribution in [0.3, 0.4) is 0 Å². The fourth-order valence-electron chi connectivity index (χ4n) is 4.22. The molecule has 0 radical (unpaired) electrons. The molecular weight excluding hydrogens is 446 g/mol. The lowest BCUT2D eigenvalue weighted by atomic mass is 9.91. The van der Waals surface area contributed by atoms with E-state index in [1.165, 1.54) is 11.8 Å². The summed E-state index contributed by atoms with van der Waals surface area (Å²) < 4.78 is 11.2. The Morgan fingerprint density at radius 1 is 1.18 bits per heavy atom. The summed E-state index contributed by atoms with van der Waals surface area (Å²) >= 11 is 1.32. The van der Waals surface area contributed by atoms with Crippen molar-refractivity contribution in [3.63, 3.8) is 0 Å². The van der Waals surface area contributed by atoms with E-state index in [0.717, 1.165) is 40.9 Å². The predicted molar refractivity (Wildman–Crippen MR) is 134 cm³/mol. The molecule has 3 aromatic rings. The Labute approximate surface area is 204 Å². The number of ether oxygens (including phenoxy) is 2. The zero-order valence-electron chi connectivity index (χ0n) is 19.8. The van der Waals surface area contributed by atoms with Crippen LogP contribution < -0.4 is 9.47 Å². The molecule has 0 saturated heterocycles. The van der Waals surface area contributed by atoms with Crippen molar-refractivity contribution in [1.29, 1.82) is 5.26 Å². The van der Waals surface area contributed by atoms with Crippen molar-refractivity contribution in [3.05, 3.63) is 70.4 Å². The molecule has 6 nitrogen and oxygen atoms in total. The molecule has 34 heavy (non-hydrogen) atoms. The number of para-hydroxylation sites is 1. The lowest BCUT2D eigenvalue weighted by Crippen LogP contribution is -2.28. The molecule has 0 unspecified atom stereocenters. The first-order valence-corrected chi connectivity index (χ1v) is 12.0. The number of carbonyl (C=O) groups is 1. The molecule has 1 aliphatic rings. The molecule has 2 aromatic carbocycles. The number of rotatable bonds is 7. The smallest absolute Gasteiger partial charge is 0.173 e. The first-order chi connectivity index (χ1) is 16.5. The molecule has 0 atom stereocenters. The van der Waals surface area contributed by atoms with E-state index < -0.39 is 0 Å². The molecule has 0 aliphatic carbocycles. The Bertz CT molecular complexity index is 1270. The number of benzene rings is 2. The number of likely N-dealkylation sites (N-methyl/N-ethyl adjacent to an activating group) is 1. The number of nitriles is 1. The Morgan fingerprint density at radius 2 is 1.94 bits per heavy atom. The third kappa shape index (κ3) is 4.65. The van der Waals surface area contributed by atoms with Crippen molar-refractivity contribution in [2.75, 3.05) is 33.6 Å². The van der Waals surface area contributed by atoms with E-state index in [2.05, 4.69) is 18.0 Å². The number of hydrogen-bond donors (Lipinski definition) is 0. The number of pyridine rings is 1. The largest absolute Gasteiger partial charge is 0.493 e. The minimum atomic E-state index is 0.00801. The van der Waals surface area contributed by atoms with Gasteiger partial charge in [-0.2, -0.15) is 5.26 Å². The summed E-state index contributed by atoms with van der Waals surface area (Å²) in [6, 6.07) is 15.6. The number of ketones is 1. The van der Waals surface area contributed by atoms with Gasteiger partial charge in [0.25, 0.3) is 0 Å². The van der Waals surface area contributed by atoms with Gasteiger partial charge in [-0.15, -0.1) is 0 Å². The summed E-state index contributed by atoms with van der Waals surface area (Å²) in [5.74, 6) is 1.39. The minimum absolute atomic E-state index is 0.00801. The van der Waals surface area contributed by atoms with Gasteiger partial charge in [0.15, 0.2) is 17.3 Å². The lowest BCUT2D eigenvalue weighted by Gasteiger charge is -2.28. The van der Waals surface area contributed by atoms with E-state index in [9.17, 15) is 10.1 Å². The first kappa shape index (κ1) is 23.8. The van der Waals surface area contributed by atoms with Crippen molar-refractivity contribution in [1.82, 2.24) is 9.88 Å². The van der Waals surface area contributed by atoms with Gasteiger partial charge in [0.1, 0.15) is 11.1 Å². The quantitative estimate of drug-likeness (QED) is 0.356. The maximum Gasteiger partial charge on any atom is 0.173 e. The molecule has 174 valence electrons. The van der Waals surface area contributed by atoms with Crippen molar-refractivity contribution in [2.24, 2.45) is 0 Å². The minimum Gasteiger partial charge on any atom is -0.493 e. The summed E-state index contributed by atoms with van der Waals surface area (Å²) in [5.41, 5.74) is 5.80. The van der Waals surface area contributed by atoms with E-state index in [1.807, 2.05) is 49.4 Å². The molecule has 0 fully saturated rings. The average molecular weight is 474 g/mol. The third-order valence-electron chi connectivity index (χ3n) is 6.01. The molecule has 0 spiro atoms. The van der Waals surface area contributed by atoms with Gasteiger partial charge in [-0.05, 0) is 25.6 Å². The van der Waals surface area contributed by atoms with Gasteiger partial charge in [0, 0.05) is 41.9 Å². The Morgan fingerprint density at radius 3 is 2.62 bits per heavy atom. The molecule has 4 rings (SSSR count). The molecule has 7 heteroatoms. The summed E-state index contributed by atoms with van der Waals surface area (Å²) in [5, 5.41) is 10.8. The molecule has 0 amide bonds. The predicted octanol–water partition coefficient (Wildman–Crippen LogP) is 4.91. The van der Waals surface area contributed by atoms with Crippen LogP contribution in [0.2, 0.25) is 0 Å². The Hall–Kier alpha value is -3.34. The molecule has 0 N–H and O–H groups in total. The van der Waals surface area contributed by atoms with E-state index >= 15 is 0 Å². The van der Waals surface area contributed by atoms with Gasteiger partial charge >= 0.3 is 0 Å². The van der Waals surface area contributed by atoms with Gasteiger partial charge in [0.2, 0.25) is 0 Å². The number of fused-ring (bicyclic) bond motifs is 1. The Kier molecular flexibility index (Phi) is 7.20. The number of carbonyl (C=O) groups excluding carboxylic acids is 1. The van der Waals surface area contributed by atoms with Crippen molar-refractivity contribution < 1.29 is 14.3 Å². The van der Waals surface area contributed by atoms with Crippen LogP contribution in [0.25, 0.3) is 11.1 Å². The van der Waals surface area contributed by atoms with E-state index in [4.69, 9.17) is 14.5 Å². The SMILES string of the molecule is COc1cccc(-c2c(C#N)c(SCC(=O)c3ccc(C)cc3)nc3c2CN(C)CC3)c1OC. The maximum atomic E-state index is 12.8. The highest BCUT2D eigenvalue weighted by atomic mass is 32.2. The van der Waals surface area contributed by atoms with Crippen LogP contribution in [0, 0.1) is 18.3 Å². The summed E-state index contributed by atoms with van der Waals surface area (Å²) in [7, 11) is 5.26. The number of methoxy groups -OCH3 is 2. The van der Waals surface area contributed by atoms with Crippen molar-refractivity contribution in [3.8, 4) is 28.7 Å². The molecule has 0 bridgehead atoms. The third-order valence-corrected chi connectivity index (χ3v) is 6.98. The monoisotopic (exact) mass is 473 g/mol. The lowest BCUT2D eigenvalue weighted by molar-refractivity contribution is 0.102. The molecular formula is C27H27N3O3S. The van der Waals surface area contributed by atoms with Gasteiger partial charge in [-0.1, -0.05) is 53.7 Å².